The van der Waals surface area contributed by atoms with Crippen LogP contribution in [0.4, 0.5) is 5.69 Å². The van der Waals surface area contributed by atoms with Gasteiger partial charge >= 0.3 is 11.9 Å². The van der Waals surface area contributed by atoms with Crippen molar-refractivity contribution in [2.75, 3.05) is 31.2 Å². The SMILES string of the molecule is CCOC(=O)CN(CC(=O)OCC)c1ccc(Cl)cc1. The lowest BCUT2D eigenvalue weighted by Crippen LogP contribution is -2.36. The first kappa shape index (κ1) is 16.3. The van der Waals surface area contributed by atoms with Crippen LogP contribution in [0.5, 0.6) is 0 Å². The molecular weight excluding hydrogens is 282 g/mol. The summed E-state index contributed by atoms with van der Waals surface area (Å²) in [4.78, 5) is 24.8. The molecule has 0 atom stereocenters. The summed E-state index contributed by atoms with van der Waals surface area (Å²) in [5.41, 5.74) is 0.704. The molecule has 0 N–H and O–H groups in total. The molecular formula is C14H18ClNO4. The molecule has 5 nitrogen and oxygen atoms in total. The standard InChI is InChI=1S/C14H18ClNO4/c1-3-19-13(17)9-16(10-14(18)20-4-2)12-7-5-11(15)6-8-12/h5-8H,3-4,9-10H2,1-2H3. The Morgan fingerprint density at radius 1 is 1.00 bits per heavy atom. The summed E-state index contributed by atoms with van der Waals surface area (Å²) in [5.74, 6) is -0.793. The number of benzene rings is 1. The fraction of sp³-hybridized carbons (Fsp3) is 0.429. The van der Waals surface area contributed by atoms with Gasteiger partial charge in [0.05, 0.1) is 13.2 Å². The van der Waals surface area contributed by atoms with E-state index in [1.807, 2.05) is 0 Å². The lowest BCUT2D eigenvalue weighted by molar-refractivity contribution is -0.142. The van der Waals surface area contributed by atoms with E-state index in [4.69, 9.17) is 21.1 Å². The minimum Gasteiger partial charge on any atom is -0.465 e. The van der Waals surface area contributed by atoms with Crippen LogP contribution in [-0.4, -0.2) is 38.2 Å². The molecule has 0 saturated carbocycles. The van der Waals surface area contributed by atoms with E-state index < -0.39 is 11.9 Å². The Morgan fingerprint density at radius 3 is 1.85 bits per heavy atom. The zero-order valence-corrected chi connectivity index (χ0v) is 12.4. The summed E-state index contributed by atoms with van der Waals surface area (Å²) in [5, 5.41) is 0.584. The molecule has 0 heterocycles. The van der Waals surface area contributed by atoms with Gasteiger partial charge in [0.2, 0.25) is 0 Å². The summed E-state index contributed by atoms with van der Waals surface area (Å²) < 4.78 is 9.80. The van der Waals surface area contributed by atoms with Crippen LogP contribution < -0.4 is 4.90 Å². The third-order valence-corrected chi connectivity index (χ3v) is 2.69. The van der Waals surface area contributed by atoms with Gasteiger partial charge in [-0.05, 0) is 38.1 Å². The van der Waals surface area contributed by atoms with E-state index in [-0.39, 0.29) is 13.1 Å². The van der Waals surface area contributed by atoms with Crippen molar-refractivity contribution in [1.82, 2.24) is 0 Å². The molecule has 0 saturated heterocycles. The second kappa shape index (κ2) is 8.43. The molecule has 20 heavy (non-hydrogen) atoms. The van der Waals surface area contributed by atoms with Crippen molar-refractivity contribution < 1.29 is 19.1 Å². The first-order valence-electron chi connectivity index (χ1n) is 6.38. The second-order valence-corrected chi connectivity index (χ2v) is 4.38. The van der Waals surface area contributed by atoms with Crippen molar-refractivity contribution in [1.29, 1.82) is 0 Å². The fourth-order valence-electron chi connectivity index (χ4n) is 1.62. The molecule has 0 aliphatic carbocycles. The van der Waals surface area contributed by atoms with Gasteiger partial charge in [-0.3, -0.25) is 9.59 Å². The number of ether oxygens (including phenoxy) is 2. The maximum atomic E-state index is 11.6. The molecule has 0 bridgehead atoms. The molecule has 0 aliphatic heterocycles. The van der Waals surface area contributed by atoms with Crippen LogP contribution in [-0.2, 0) is 19.1 Å². The van der Waals surface area contributed by atoms with Crippen LogP contribution in [0.1, 0.15) is 13.8 Å². The molecule has 1 aromatic rings. The summed E-state index contributed by atoms with van der Waals surface area (Å²) in [6.07, 6.45) is 0. The smallest absolute Gasteiger partial charge is 0.325 e. The number of halogens is 1. The second-order valence-electron chi connectivity index (χ2n) is 3.94. The summed E-state index contributed by atoms with van der Waals surface area (Å²) >= 11 is 5.83. The quantitative estimate of drug-likeness (QED) is 0.723. The van der Waals surface area contributed by atoms with Gasteiger partial charge in [0.25, 0.3) is 0 Å². The number of carbonyl (C=O) groups is 2. The average Bonchev–Trinajstić information content (AvgIpc) is 2.39. The van der Waals surface area contributed by atoms with E-state index in [0.29, 0.717) is 23.9 Å². The van der Waals surface area contributed by atoms with Crippen molar-refractivity contribution in [2.45, 2.75) is 13.8 Å². The molecule has 1 rings (SSSR count). The van der Waals surface area contributed by atoms with E-state index in [1.165, 1.54) is 0 Å². The third-order valence-electron chi connectivity index (χ3n) is 2.44. The number of rotatable bonds is 7. The first-order chi connectivity index (χ1) is 9.56. The minimum atomic E-state index is -0.397. The molecule has 6 heteroatoms. The molecule has 0 fully saturated rings. The van der Waals surface area contributed by atoms with Crippen molar-refractivity contribution in [3.63, 3.8) is 0 Å². The van der Waals surface area contributed by atoms with Crippen LogP contribution in [0.3, 0.4) is 0 Å². The molecule has 0 spiro atoms. The number of hydrogen-bond acceptors (Lipinski definition) is 5. The maximum Gasteiger partial charge on any atom is 0.325 e. The Hall–Kier alpha value is -1.75. The Labute approximate surface area is 123 Å². The highest BCUT2D eigenvalue weighted by atomic mass is 35.5. The molecule has 110 valence electrons. The third kappa shape index (κ3) is 5.48. The van der Waals surface area contributed by atoms with Gasteiger partial charge in [0.1, 0.15) is 13.1 Å². The molecule has 0 radical (unpaired) electrons. The minimum absolute atomic E-state index is 0.0196. The lowest BCUT2D eigenvalue weighted by atomic mass is 10.3. The lowest BCUT2D eigenvalue weighted by Gasteiger charge is -2.22. The highest BCUT2D eigenvalue weighted by Crippen LogP contribution is 2.18. The van der Waals surface area contributed by atoms with Gasteiger partial charge < -0.3 is 14.4 Å². The van der Waals surface area contributed by atoms with Crippen molar-refractivity contribution in [3.8, 4) is 0 Å². The van der Waals surface area contributed by atoms with Gasteiger partial charge in [0, 0.05) is 10.7 Å². The number of hydrogen-bond donors (Lipinski definition) is 0. The molecule has 1 aromatic carbocycles. The van der Waals surface area contributed by atoms with Crippen LogP contribution in [0.25, 0.3) is 0 Å². The van der Waals surface area contributed by atoms with Crippen molar-refractivity contribution in [3.05, 3.63) is 29.3 Å². The van der Waals surface area contributed by atoms with Crippen molar-refractivity contribution >= 4 is 29.2 Å². The largest absolute Gasteiger partial charge is 0.465 e. The predicted molar refractivity (Wildman–Crippen MR) is 76.9 cm³/mol. The zero-order valence-electron chi connectivity index (χ0n) is 11.6. The van der Waals surface area contributed by atoms with E-state index in [2.05, 4.69) is 0 Å². The Kier molecular flexibility index (Phi) is 6.87. The highest BCUT2D eigenvalue weighted by molar-refractivity contribution is 6.30. The summed E-state index contributed by atoms with van der Waals surface area (Å²) in [7, 11) is 0. The monoisotopic (exact) mass is 299 g/mol. The number of carbonyl (C=O) groups excluding carboxylic acids is 2. The number of anilines is 1. The maximum absolute atomic E-state index is 11.6. The van der Waals surface area contributed by atoms with Gasteiger partial charge in [-0.1, -0.05) is 11.6 Å². The van der Waals surface area contributed by atoms with Gasteiger partial charge in [0.15, 0.2) is 0 Å². The number of esters is 2. The van der Waals surface area contributed by atoms with Gasteiger partial charge in [-0.25, -0.2) is 0 Å². The number of nitrogens with zero attached hydrogens (tertiary/aromatic N) is 1. The molecule has 0 aromatic heterocycles. The van der Waals surface area contributed by atoms with Gasteiger partial charge in [-0.2, -0.15) is 0 Å². The molecule has 0 unspecified atom stereocenters. The highest BCUT2D eigenvalue weighted by Gasteiger charge is 2.16. The summed E-state index contributed by atoms with van der Waals surface area (Å²) in [6, 6.07) is 6.86. The average molecular weight is 300 g/mol. The van der Waals surface area contributed by atoms with Gasteiger partial charge in [-0.15, -0.1) is 0 Å². The van der Waals surface area contributed by atoms with Crippen LogP contribution in [0.15, 0.2) is 24.3 Å². The summed E-state index contributed by atoms with van der Waals surface area (Å²) in [6.45, 7) is 4.02. The first-order valence-corrected chi connectivity index (χ1v) is 6.76. The fourth-order valence-corrected chi connectivity index (χ4v) is 1.74. The predicted octanol–water partition coefficient (Wildman–Crippen LogP) is 2.27. The Bertz CT molecular complexity index is 427. The Balaban J connectivity index is 2.80. The normalized spacial score (nSPS) is 9.95. The molecule has 0 amide bonds. The van der Waals surface area contributed by atoms with Crippen molar-refractivity contribution in [2.24, 2.45) is 0 Å². The van der Waals surface area contributed by atoms with E-state index >= 15 is 0 Å². The van der Waals surface area contributed by atoms with E-state index in [9.17, 15) is 9.59 Å². The van der Waals surface area contributed by atoms with Crippen LogP contribution in [0.2, 0.25) is 5.02 Å². The topological polar surface area (TPSA) is 55.8 Å². The Morgan fingerprint density at radius 2 is 1.45 bits per heavy atom. The van der Waals surface area contributed by atoms with E-state index in [1.54, 1.807) is 43.0 Å². The van der Waals surface area contributed by atoms with Crippen LogP contribution in [0, 0.1) is 0 Å². The van der Waals surface area contributed by atoms with E-state index in [0.717, 1.165) is 0 Å². The van der Waals surface area contributed by atoms with Crippen LogP contribution >= 0.6 is 11.6 Å². The zero-order chi connectivity index (χ0) is 15.0. The molecule has 0 aliphatic rings.